The highest BCUT2D eigenvalue weighted by Gasteiger charge is 2.73. The van der Waals surface area contributed by atoms with E-state index < -0.39 is 78.5 Å². The fourth-order valence-corrected chi connectivity index (χ4v) is 8.85. The number of fused-ring (bicyclic) bond motifs is 2. The van der Waals surface area contributed by atoms with E-state index in [9.17, 15) is 40.2 Å². The predicted molar refractivity (Wildman–Crippen MR) is 124 cm³/mol. The Morgan fingerprint density at radius 3 is 2.24 bits per heavy atom. The Morgan fingerprint density at radius 1 is 0.919 bits per heavy atom. The van der Waals surface area contributed by atoms with Crippen molar-refractivity contribution in [2.75, 3.05) is 6.61 Å². The van der Waals surface area contributed by atoms with Crippen molar-refractivity contribution < 1.29 is 54.4 Å². The van der Waals surface area contributed by atoms with Crippen LogP contribution in [0.3, 0.4) is 0 Å². The lowest BCUT2D eigenvalue weighted by molar-refractivity contribution is -0.317. The molecule has 16 atom stereocenters. The molecule has 0 aromatic heterocycles. The van der Waals surface area contributed by atoms with E-state index in [0.29, 0.717) is 6.42 Å². The Kier molecular flexibility index (Phi) is 6.81. The van der Waals surface area contributed by atoms with Crippen LogP contribution in [0, 0.1) is 40.4 Å². The van der Waals surface area contributed by atoms with Crippen LogP contribution in [-0.4, -0.2) is 104 Å². The van der Waals surface area contributed by atoms with Gasteiger partial charge in [0.25, 0.3) is 0 Å². The molecule has 0 amide bonds. The smallest absolute Gasteiger partial charge is 0.306 e. The highest BCUT2D eigenvalue weighted by Crippen LogP contribution is 2.68. The summed E-state index contributed by atoms with van der Waals surface area (Å²) in [5.74, 6) is -2.40. The van der Waals surface area contributed by atoms with Gasteiger partial charge in [-0.25, -0.2) is 0 Å². The molecule has 0 unspecified atom stereocenters. The molecule has 11 heteroatoms. The number of hydrogen-bond acceptors (Lipinski definition) is 11. The van der Waals surface area contributed by atoms with Crippen LogP contribution in [0.1, 0.15) is 47.0 Å². The van der Waals surface area contributed by atoms with Crippen molar-refractivity contribution in [3.8, 4) is 0 Å². The standard InChI is InChI=1S/C26H40O11/c1-9-5-13(35-24-21(33)19(31)18(30)14(8-27)36-24)23(34)26(4)11(9)6-15-25(3)12(7-16(28)37-15)10(2)17(29)20(32)22(25)26/h9-15,17-22,24,27,29-33H,5-8H2,1-4H3/t9-,10-,11+,12+,13+,14-,15-,17-,18-,19+,20-,21-,22+,24-,25-,26+/m1/s1. The minimum Gasteiger partial charge on any atom is -0.462 e. The molecular formula is C26H40O11. The Balaban J connectivity index is 1.51. The van der Waals surface area contributed by atoms with Gasteiger partial charge in [0.15, 0.2) is 12.1 Å². The maximum atomic E-state index is 14.3. The zero-order valence-electron chi connectivity index (χ0n) is 21.6. The molecule has 0 bridgehead atoms. The zero-order valence-corrected chi connectivity index (χ0v) is 21.6. The Bertz CT molecular complexity index is 926. The number of ketones is 1. The lowest BCUT2D eigenvalue weighted by atomic mass is 9.37. The second kappa shape index (κ2) is 9.19. The lowest BCUT2D eigenvalue weighted by Gasteiger charge is -2.69. The molecule has 210 valence electrons. The van der Waals surface area contributed by atoms with Crippen LogP contribution in [0.5, 0.6) is 0 Å². The largest absolute Gasteiger partial charge is 0.462 e. The number of aliphatic hydroxyl groups excluding tert-OH is 6. The van der Waals surface area contributed by atoms with E-state index in [2.05, 4.69) is 0 Å². The van der Waals surface area contributed by atoms with Gasteiger partial charge in [-0.2, -0.15) is 0 Å². The normalized spacial score (nSPS) is 57.8. The average molecular weight is 529 g/mol. The van der Waals surface area contributed by atoms with Crippen molar-refractivity contribution in [2.45, 2.75) is 102 Å². The number of rotatable bonds is 3. The SMILES string of the molecule is C[C@H]1[C@@H](O)[C@@H](O)[C@@H]2[C@@]3(C)C(=O)[C@@H](O[C@@H]4O[C@H](CO)[C@@H](O)[C@H](O)[C@H]4O)C[C@@H](C)[C@@H]3C[C@H]3OC(=O)C[C@@H]1[C@@]23C. The summed E-state index contributed by atoms with van der Waals surface area (Å²) in [5, 5.41) is 62.8. The van der Waals surface area contributed by atoms with E-state index in [-0.39, 0.29) is 48.3 Å². The molecule has 3 aliphatic carbocycles. The summed E-state index contributed by atoms with van der Waals surface area (Å²) < 4.78 is 17.3. The summed E-state index contributed by atoms with van der Waals surface area (Å²) >= 11 is 0. The molecule has 0 aromatic carbocycles. The molecule has 11 nitrogen and oxygen atoms in total. The van der Waals surface area contributed by atoms with Crippen LogP contribution in [-0.2, 0) is 23.8 Å². The topological polar surface area (TPSA) is 183 Å². The van der Waals surface area contributed by atoms with E-state index >= 15 is 0 Å². The molecule has 5 rings (SSSR count). The van der Waals surface area contributed by atoms with Crippen LogP contribution in [0.4, 0.5) is 0 Å². The Labute approximate surface area is 215 Å². The van der Waals surface area contributed by atoms with Gasteiger partial charge >= 0.3 is 5.97 Å². The quantitative estimate of drug-likeness (QED) is 0.190. The summed E-state index contributed by atoms with van der Waals surface area (Å²) in [5.41, 5.74) is -1.90. The number of esters is 1. The third-order valence-electron chi connectivity index (χ3n) is 10.8. The van der Waals surface area contributed by atoms with Crippen LogP contribution in [0.25, 0.3) is 0 Å². The molecule has 0 spiro atoms. The van der Waals surface area contributed by atoms with Crippen molar-refractivity contribution >= 4 is 11.8 Å². The molecule has 2 aliphatic heterocycles. The van der Waals surface area contributed by atoms with Crippen molar-refractivity contribution in [2.24, 2.45) is 40.4 Å². The van der Waals surface area contributed by atoms with E-state index in [4.69, 9.17) is 14.2 Å². The first kappa shape index (κ1) is 27.4. The lowest BCUT2D eigenvalue weighted by Crippen LogP contribution is -2.74. The van der Waals surface area contributed by atoms with Gasteiger partial charge in [0.1, 0.15) is 36.6 Å². The van der Waals surface area contributed by atoms with Gasteiger partial charge in [0.05, 0.1) is 18.8 Å². The molecule has 3 saturated carbocycles. The van der Waals surface area contributed by atoms with Crippen molar-refractivity contribution in [1.29, 1.82) is 0 Å². The highest BCUT2D eigenvalue weighted by molar-refractivity contribution is 5.91. The van der Waals surface area contributed by atoms with Crippen molar-refractivity contribution in [3.05, 3.63) is 0 Å². The average Bonchev–Trinajstić information content (AvgIpc) is 2.85. The summed E-state index contributed by atoms with van der Waals surface area (Å²) in [6.45, 7) is 6.90. The summed E-state index contributed by atoms with van der Waals surface area (Å²) in [7, 11) is 0. The van der Waals surface area contributed by atoms with Crippen LogP contribution in [0.2, 0.25) is 0 Å². The van der Waals surface area contributed by atoms with Gasteiger partial charge in [-0.3, -0.25) is 9.59 Å². The van der Waals surface area contributed by atoms with E-state index in [0.717, 1.165) is 0 Å². The fraction of sp³-hybridized carbons (Fsp3) is 0.923. The maximum Gasteiger partial charge on any atom is 0.306 e. The molecule has 6 N–H and O–H groups in total. The van der Waals surface area contributed by atoms with Crippen LogP contribution >= 0.6 is 0 Å². The molecule has 0 radical (unpaired) electrons. The highest BCUT2D eigenvalue weighted by atomic mass is 16.7. The number of hydrogen-bond donors (Lipinski definition) is 6. The molecule has 5 aliphatic rings. The number of carbonyl (C=O) groups excluding carboxylic acids is 2. The minimum absolute atomic E-state index is 0.101. The maximum absolute atomic E-state index is 14.3. The zero-order chi connectivity index (χ0) is 27.2. The fourth-order valence-electron chi connectivity index (χ4n) is 8.85. The first-order chi connectivity index (χ1) is 17.3. The first-order valence-corrected chi connectivity index (χ1v) is 13.3. The minimum atomic E-state index is -1.65. The third-order valence-corrected chi connectivity index (χ3v) is 10.8. The van der Waals surface area contributed by atoms with Crippen LogP contribution < -0.4 is 0 Å². The van der Waals surface area contributed by atoms with Gasteiger partial charge in [-0.15, -0.1) is 0 Å². The Hall–Kier alpha value is -1.18. The van der Waals surface area contributed by atoms with E-state index in [1.807, 2.05) is 20.8 Å². The number of ether oxygens (including phenoxy) is 3. The second-order valence-electron chi connectivity index (χ2n) is 12.5. The number of carbonyl (C=O) groups is 2. The molecule has 0 aromatic rings. The van der Waals surface area contributed by atoms with Gasteiger partial charge in [-0.1, -0.05) is 27.7 Å². The molecule has 37 heavy (non-hydrogen) atoms. The number of Topliss-reactive ketones (excluding diaryl/α,β-unsaturated/α-hetero) is 1. The van der Waals surface area contributed by atoms with Crippen LogP contribution in [0.15, 0.2) is 0 Å². The van der Waals surface area contributed by atoms with Gasteiger partial charge in [0, 0.05) is 23.2 Å². The van der Waals surface area contributed by atoms with Gasteiger partial charge < -0.3 is 44.8 Å². The summed E-state index contributed by atoms with van der Waals surface area (Å²) in [6.07, 6.45) is -10.6. The Morgan fingerprint density at radius 2 is 1.59 bits per heavy atom. The van der Waals surface area contributed by atoms with Gasteiger partial charge in [0.2, 0.25) is 0 Å². The summed E-state index contributed by atoms with van der Waals surface area (Å²) in [4.78, 5) is 26.8. The molecule has 2 saturated heterocycles. The first-order valence-electron chi connectivity index (χ1n) is 13.3. The second-order valence-corrected chi connectivity index (χ2v) is 12.5. The van der Waals surface area contributed by atoms with Crippen molar-refractivity contribution in [1.82, 2.24) is 0 Å². The summed E-state index contributed by atoms with van der Waals surface area (Å²) in [6, 6.07) is 0. The third kappa shape index (κ3) is 3.69. The molecule has 5 fully saturated rings. The number of aliphatic hydroxyl groups is 6. The predicted octanol–water partition coefficient (Wildman–Crippen LogP) is -1.27. The van der Waals surface area contributed by atoms with E-state index in [1.54, 1.807) is 6.92 Å². The monoisotopic (exact) mass is 528 g/mol. The molecule has 2 heterocycles. The van der Waals surface area contributed by atoms with E-state index in [1.165, 1.54) is 0 Å². The van der Waals surface area contributed by atoms with Crippen molar-refractivity contribution in [3.63, 3.8) is 0 Å². The molecular weight excluding hydrogens is 488 g/mol. The van der Waals surface area contributed by atoms with Gasteiger partial charge in [-0.05, 0) is 36.5 Å².